The molecule has 0 N–H and O–H groups in total. The maximum atomic E-state index is 13.3. The molecule has 0 aliphatic carbocycles. The first-order valence-electron chi connectivity index (χ1n) is 11.1. The molecule has 1 aliphatic heterocycles. The van der Waals surface area contributed by atoms with Crippen molar-refractivity contribution in [1.82, 2.24) is 9.47 Å². The Morgan fingerprint density at radius 3 is 2.37 bits per heavy atom. The Morgan fingerprint density at radius 1 is 1.11 bits per heavy atom. The van der Waals surface area contributed by atoms with Gasteiger partial charge in [-0.2, -0.15) is 0 Å². The summed E-state index contributed by atoms with van der Waals surface area (Å²) in [4.78, 5) is 31.0. The fourth-order valence-electron chi connectivity index (χ4n) is 3.94. The molecule has 0 spiro atoms. The average molecular weight is 509 g/mol. The van der Waals surface area contributed by atoms with Gasteiger partial charge in [-0.15, -0.1) is 0 Å². The SMILES string of the molecule is Cc1cc(/C=C2\SC(=Nc3ccc(Cl)cc3)N(CC(C)C)C2=O)c(C)n1-c1ccc([N+](=O)[O-])cc1. The van der Waals surface area contributed by atoms with E-state index in [-0.39, 0.29) is 17.5 Å². The van der Waals surface area contributed by atoms with Crippen LogP contribution in [0.1, 0.15) is 30.8 Å². The van der Waals surface area contributed by atoms with Gasteiger partial charge in [0.25, 0.3) is 11.6 Å². The Bertz CT molecular complexity index is 1340. The van der Waals surface area contributed by atoms with Crippen LogP contribution in [0.2, 0.25) is 5.02 Å². The Kier molecular flexibility index (Phi) is 7.14. The molecule has 3 aromatic rings. The van der Waals surface area contributed by atoms with E-state index in [0.29, 0.717) is 21.6 Å². The number of carbonyl (C=O) groups is 1. The van der Waals surface area contributed by atoms with Crippen molar-refractivity contribution in [1.29, 1.82) is 0 Å². The van der Waals surface area contributed by atoms with Gasteiger partial charge in [-0.1, -0.05) is 25.4 Å². The summed E-state index contributed by atoms with van der Waals surface area (Å²) >= 11 is 7.36. The smallest absolute Gasteiger partial charge is 0.269 e. The molecule has 2 heterocycles. The summed E-state index contributed by atoms with van der Waals surface area (Å²) in [5.74, 6) is 0.207. The number of aromatic nitrogens is 1. The fourth-order valence-corrected chi connectivity index (χ4v) is 5.06. The molecule has 4 rings (SSSR count). The number of thioether (sulfide) groups is 1. The lowest BCUT2D eigenvalue weighted by atomic mass is 10.2. The number of non-ortho nitro benzene ring substituents is 1. The quantitative estimate of drug-likeness (QED) is 0.206. The number of nitrogens with zero attached hydrogens (tertiary/aromatic N) is 4. The van der Waals surface area contributed by atoms with Crippen molar-refractivity contribution in [2.24, 2.45) is 10.9 Å². The Morgan fingerprint density at radius 2 is 1.77 bits per heavy atom. The highest BCUT2D eigenvalue weighted by Crippen LogP contribution is 2.36. The molecule has 1 aliphatic rings. The molecule has 7 nitrogen and oxygen atoms in total. The minimum atomic E-state index is -0.413. The average Bonchev–Trinajstić information content (AvgIpc) is 3.25. The molecular weight excluding hydrogens is 484 g/mol. The third kappa shape index (κ3) is 5.33. The third-order valence-electron chi connectivity index (χ3n) is 5.56. The topological polar surface area (TPSA) is 80.7 Å². The minimum Gasteiger partial charge on any atom is -0.318 e. The molecule has 0 radical (unpaired) electrons. The van der Waals surface area contributed by atoms with Gasteiger partial charge in [-0.3, -0.25) is 19.8 Å². The molecular formula is C26H25ClN4O3S. The zero-order valence-electron chi connectivity index (χ0n) is 19.9. The van der Waals surface area contributed by atoms with Gasteiger partial charge in [0, 0.05) is 40.8 Å². The number of carbonyl (C=O) groups excluding carboxylic acids is 1. The van der Waals surface area contributed by atoms with E-state index < -0.39 is 4.92 Å². The van der Waals surface area contributed by atoms with Crippen molar-refractivity contribution >= 4 is 51.9 Å². The monoisotopic (exact) mass is 508 g/mol. The number of halogens is 1. The van der Waals surface area contributed by atoms with Crippen LogP contribution < -0.4 is 0 Å². The number of nitro groups is 1. The van der Waals surface area contributed by atoms with Crippen LogP contribution in [0, 0.1) is 29.9 Å². The van der Waals surface area contributed by atoms with Gasteiger partial charge < -0.3 is 4.57 Å². The summed E-state index contributed by atoms with van der Waals surface area (Å²) in [5, 5.41) is 12.3. The molecule has 9 heteroatoms. The van der Waals surface area contributed by atoms with Gasteiger partial charge in [0.1, 0.15) is 0 Å². The summed E-state index contributed by atoms with van der Waals surface area (Å²) in [6, 6.07) is 15.7. The summed E-state index contributed by atoms with van der Waals surface area (Å²) in [5.41, 5.74) is 4.42. The zero-order chi connectivity index (χ0) is 25.3. The lowest BCUT2D eigenvalue weighted by molar-refractivity contribution is -0.384. The van der Waals surface area contributed by atoms with Gasteiger partial charge >= 0.3 is 0 Å². The van der Waals surface area contributed by atoms with Crippen molar-refractivity contribution < 1.29 is 9.72 Å². The van der Waals surface area contributed by atoms with Gasteiger partial charge in [-0.25, -0.2) is 4.99 Å². The van der Waals surface area contributed by atoms with Crippen molar-refractivity contribution in [3.63, 3.8) is 0 Å². The second-order valence-electron chi connectivity index (χ2n) is 8.73. The summed E-state index contributed by atoms with van der Waals surface area (Å²) in [6.07, 6.45) is 1.90. The van der Waals surface area contributed by atoms with Crippen molar-refractivity contribution in [3.8, 4) is 5.69 Å². The summed E-state index contributed by atoms with van der Waals surface area (Å²) < 4.78 is 2.02. The van der Waals surface area contributed by atoms with Crippen molar-refractivity contribution in [2.45, 2.75) is 27.7 Å². The second-order valence-corrected chi connectivity index (χ2v) is 10.2. The third-order valence-corrected chi connectivity index (χ3v) is 6.82. The normalized spacial score (nSPS) is 16.2. The number of amidine groups is 1. The Labute approximate surface area is 213 Å². The van der Waals surface area contributed by atoms with E-state index in [0.717, 1.165) is 28.3 Å². The number of amides is 1. The molecule has 1 saturated heterocycles. The molecule has 1 amide bonds. The minimum absolute atomic E-state index is 0.0456. The molecule has 1 aromatic heterocycles. The van der Waals surface area contributed by atoms with E-state index in [9.17, 15) is 14.9 Å². The molecule has 0 saturated carbocycles. The Balaban J connectivity index is 1.69. The fraction of sp³-hybridized carbons (Fsp3) is 0.231. The molecule has 0 bridgehead atoms. The zero-order valence-corrected chi connectivity index (χ0v) is 21.4. The van der Waals surface area contributed by atoms with Gasteiger partial charge in [0.05, 0.1) is 15.5 Å². The van der Waals surface area contributed by atoms with Gasteiger partial charge in [0.15, 0.2) is 5.17 Å². The van der Waals surface area contributed by atoms with Crippen LogP contribution in [0.25, 0.3) is 11.8 Å². The number of benzene rings is 2. The molecule has 2 aromatic carbocycles. The highest BCUT2D eigenvalue weighted by molar-refractivity contribution is 8.18. The van der Waals surface area contributed by atoms with Crippen LogP contribution in [0.5, 0.6) is 0 Å². The van der Waals surface area contributed by atoms with Crippen LogP contribution >= 0.6 is 23.4 Å². The maximum Gasteiger partial charge on any atom is 0.269 e. The van der Waals surface area contributed by atoms with Crippen LogP contribution in [0.4, 0.5) is 11.4 Å². The van der Waals surface area contributed by atoms with Crippen LogP contribution in [-0.4, -0.2) is 32.0 Å². The lowest BCUT2D eigenvalue weighted by Crippen LogP contribution is -2.32. The van der Waals surface area contributed by atoms with Crippen LogP contribution in [0.3, 0.4) is 0 Å². The first kappa shape index (κ1) is 24.8. The highest BCUT2D eigenvalue weighted by Gasteiger charge is 2.34. The molecule has 1 fully saturated rings. The summed E-state index contributed by atoms with van der Waals surface area (Å²) in [7, 11) is 0. The molecule has 0 atom stereocenters. The first-order chi connectivity index (χ1) is 16.6. The van der Waals surface area contributed by atoms with E-state index >= 15 is 0 Å². The predicted molar refractivity (Wildman–Crippen MR) is 143 cm³/mol. The van der Waals surface area contributed by atoms with E-state index in [1.165, 1.54) is 23.9 Å². The number of rotatable bonds is 6. The number of aliphatic imine (C=N–C) groups is 1. The Hall–Kier alpha value is -3.36. The lowest BCUT2D eigenvalue weighted by Gasteiger charge is -2.17. The molecule has 180 valence electrons. The van der Waals surface area contributed by atoms with Crippen LogP contribution in [-0.2, 0) is 4.79 Å². The predicted octanol–water partition coefficient (Wildman–Crippen LogP) is 6.92. The maximum absolute atomic E-state index is 13.3. The van der Waals surface area contributed by atoms with E-state index in [2.05, 4.69) is 13.8 Å². The molecule has 0 unspecified atom stereocenters. The number of hydrogen-bond donors (Lipinski definition) is 0. The number of aryl methyl sites for hydroxylation is 1. The van der Waals surface area contributed by atoms with E-state index in [4.69, 9.17) is 16.6 Å². The van der Waals surface area contributed by atoms with E-state index in [1.807, 2.05) is 42.7 Å². The standard InChI is InChI=1S/C26H25ClN4O3S/c1-16(2)15-29-25(32)24(35-26(29)28-21-7-5-20(27)6-8-21)14-19-13-17(3)30(18(19)4)22-9-11-23(12-10-22)31(33)34/h5-14,16H,15H2,1-4H3/b24-14-,28-26?. The first-order valence-corrected chi connectivity index (χ1v) is 12.3. The second kappa shape index (κ2) is 10.1. The largest absolute Gasteiger partial charge is 0.318 e. The van der Waals surface area contributed by atoms with Crippen molar-refractivity contribution in [3.05, 3.63) is 91.6 Å². The summed E-state index contributed by atoms with van der Waals surface area (Å²) in [6.45, 7) is 8.64. The van der Waals surface area contributed by atoms with Gasteiger partial charge in [-0.05, 0) is 85.6 Å². The molecule has 35 heavy (non-hydrogen) atoms. The number of hydrogen-bond acceptors (Lipinski definition) is 5. The highest BCUT2D eigenvalue weighted by atomic mass is 35.5. The van der Waals surface area contributed by atoms with Gasteiger partial charge in [0.2, 0.25) is 0 Å². The van der Waals surface area contributed by atoms with Crippen LogP contribution in [0.15, 0.2) is 64.5 Å². The van der Waals surface area contributed by atoms with Crippen molar-refractivity contribution in [2.75, 3.05) is 6.54 Å². The van der Waals surface area contributed by atoms with E-state index in [1.54, 1.807) is 29.2 Å². The number of nitro benzene ring substituents is 1.